The van der Waals surface area contributed by atoms with Crippen molar-refractivity contribution in [3.63, 3.8) is 0 Å². The third-order valence-electron chi connectivity index (χ3n) is 4.47. The summed E-state index contributed by atoms with van der Waals surface area (Å²) in [6.07, 6.45) is 0.744. The van der Waals surface area contributed by atoms with Crippen LogP contribution >= 0.6 is 11.6 Å². The molecule has 144 valence electrons. The molecule has 2 amide bonds. The van der Waals surface area contributed by atoms with E-state index in [1.807, 2.05) is 0 Å². The van der Waals surface area contributed by atoms with Crippen molar-refractivity contribution in [2.45, 2.75) is 38.8 Å². The Kier molecular flexibility index (Phi) is 6.01. The highest BCUT2D eigenvalue weighted by Gasteiger charge is 2.27. The number of benzene rings is 1. The van der Waals surface area contributed by atoms with Crippen molar-refractivity contribution in [2.75, 3.05) is 13.1 Å². The first-order valence-electron chi connectivity index (χ1n) is 8.87. The van der Waals surface area contributed by atoms with Crippen LogP contribution in [0.4, 0.5) is 0 Å². The SMILES string of the molecule is Cc1cc(C(=O)N2CCC(NC(=O)C(C)Oc3ccc(Cl)cc3)CC2)no1. The van der Waals surface area contributed by atoms with Crippen LogP contribution in [0, 0.1) is 6.92 Å². The van der Waals surface area contributed by atoms with Crippen LogP contribution in [0.3, 0.4) is 0 Å². The van der Waals surface area contributed by atoms with Gasteiger partial charge in [-0.25, -0.2) is 0 Å². The van der Waals surface area contributed by atoms with Gasteiger partial charge in [-0.1, -0.05) is 16.8 Å². The van der Waals surface area contributed by atoms with E-state index >= 15 is 0 Å². The summed E-state index contributed by atoms with van der Waals surface area (Å²) in [5, 5.41) is 7.37. The molecule has 0 aliphatic carbocycles. The molecule has 1 aliphatic rings. The average Bonchev–Trinajstić information content (AvgIpc) is 3.10. The molecule has 0 radical (unpaired) electrons. The maximum Gasteiger partial charge on any atom is 0.276 e. The number of hydrogen-bond acceptors (Lipinski definition) is 5. The molecule has 0 bridgehead atoms. The van der Waals surface area contributed by atoms with E-state index in [2.05, 4.69) is 10.5 Å². The largest absolute Gasteiger partial charge is 0.481 e. The summed E-state index contributed by atoms with van der Waals surface area (Å²) in [4.78, 5) is 26.5. The van der Waals surface area contributed by atoms with Gasteiger partial charge in [0.1, 0.15) is 11.5 Å². The molecular formula is C19H22ClN3O4. The predicted molar refractivity (Wildman–Crippen MR) is 99.9 cm³/mol. The number of rotatable bonds is 5. The Hall–Kier alpha value is -2.54. The van der Waals surface area contributed by atoms with Crippen LogP contribution in [0.5, 0.6) is 5.75 Å². The van der Waals surface area contributed by atoms with Gasteiger partial charge >= 0.3 is 0 Å². The lowest BCUT2D eigenvalue weighted by atomic mass is 10.0. The molecule has 1 unspecified atom stereocenters. The number of aromatic nitrogens is 1. The summed E-state index contributed by atoms with van der Waals surface area (Å²) in [5.74, 6) is 0.874. The zero-order valence-corrected chi connectivity index (χ0v) is 16.0. The summed E-state index contributed by atoms with van der Waals surface area (Å²) < 4.78 is 10.6. The molecule has 0 spiro atoms. The lowest BCUT2D eigenvalue weighted by Gasteiger charge is -2.32. The quantitative estimate of drug-likeness (QED) is 0.847. The summed E-state index contributed by atoms with van der Waals surface area (Å²) >= 11 is 5.84. The highest BCUT2D eigenvalue weighted by molar-refractivity contribution is 6.30. The fourth-order valence-electron chi connectivity index (χ4n) is 2.95. The van der Waals surface area contributed by atoms with Gasteiger partial charge in [0.2, 0.25) is 0 Å². The maximum absolute atomic E-state index is 12.4. The molecule has 2 aromatic rings. The Morgan fingerprint density at radius 1 is 1.30 bits per heavy atom. The molecule has 1 aromatic heterocycles. The third kappa shape index (κ3) is 5.01. The van der Waals surface area contributed by atoms with E-state index in [9.17, 15) is 9.59 Å². The van der Waals surface area contributed by atoms with Gasteiger partial charge in [-0.3, -0.25) is 9.59 Å². The predicted octanol–water partition coefficient (Wildman–Crippen LogP) is 2.82. The molecule has 1 aromatic carbocycles. The first-order chi connectivity index (χ1) is 12.9. The van der Waals surface area contributed by atoms with E-state index in [0.29, 0.717) is 48.2 Å². The van der Waals surface area contributed by atoms with Gasteiger partial charge in [-0.05, 0) is 51.0 Å². The van der Waals surface area contributed by atoms with Gasteiger partial charge in [0, 0.05) is 30.2 Å². The second-order valence-corrected chi connectivity index (χ2v) is 7.05. The van der Waals surface area contributed by atoms with Crippen molar-refractivity contribution in [2.24, 2.45) is 0 Å². The number of nitrogens with zero attached hydrogens (tertiary/aromatic N) is 2. The van der Waals surface area contributed by atoms with Gasteiger partial charge in [0.25, 0.3) is 11.8 Å². The lowest BCUT2D eigenvalue weighted by Crippen LogP contribution is -2.49. The number of hydrogen-bond donors (Lipinski definition) is 1. The summed E-state index contributed by atoms with van der Waals surface area (Å²) in [5.41, 5.74) is 0.319. The number of amides is 2. The number of aryl methyl sites for hydroxylation is 1. The zero-order valence-electron chi connectivity index (χ0n) is 15.3. The molecule has 2 heterocycles. The van der Waals surface area contributed by atoms with Crippen LogP contribution < -0.4 is 10.1 Å². The molecule has 1 fully saturated rings. The van der Waals surface area contributed by atoms with E-state index < -0.39 is 6.10 Å². The smallest absolute Gasteiger partial charge is 0.276 e. The standard InChI is InChI=1S/C19H22ClN3O4/c1-12-11-17(22-27-12)19(25)23-9-7-15(8-10-23)21-18(24)13(2)26-16-5-3-14(20)4-6-16/h3-6,11,13,15H,7-10H2,1-2H3,(H,21,24). The molecule has 27 heavy (non-hydrogen) atoms. The summed E-state index contributed by atoms with van der Waals surface area (Å²) in [6, 6.07) is 8.52. The number of halogens is 1. The number of likely N-dealkylation sites (tertiary alicyclic amines) is 1. The average molecular weight is 392 g/mol. The first-order valence-corrected chi connectivity index (χ1v) is 9.25. The second kappa shape index (κ2) is 8.43. The normalized spacial score (nSPS) is 16.0. The Balaban J connectivity index is 1.46. The van der Waals surface area contributed by atoms with Gasteiger partial charge in [-0.15, -0.1) is 0 Å². The van der Waals surface area contributed by atoms with E-state index in [4.69, 9.17) is 20.9 Å². The number of ether oxygens (including phenoxy) is 1. The highest BCUT2D eigenvalue weighted by atomic mass is 35.5. The van der Waals surface area contributed by atoms with Crippen molar-refractivity contribution in [3.8, 4) is 5.75 Å². The third-order valence-corrected chi connectivity index (χ3v) is 4.72. The monoisotopic (exact) mass is 391 g/mol. The van der Waals surface area contributed by atoms with Gasteiger partial charge in [-0.2, -0.15) is 0 Å². The Labute approximate surface area is 162 Å². The molecule has 1 atom stereocenters. The number of carbonyl (C=O) groups excluding carboxylic acids is 2. The topological polar surface area (TPSA) is 84.7 Å². The van der Waals surface area contributed by atoms with Crippen LogP contribution in [0.1, 0.15) is 36.0 Å². The van der Waals surface area contributed by atoms with Crippen LogP contribution in [-0.4, -0.2) is 47.1 Å². The van der Waals surface area contributed by atoms with Crippen LogP contribution in [0.15, 0.2) is 34.9 Å². The fraction of sp³-hybridized carbons (Fsp3) is 0.421. The Morgan fingerprint density at radius 3 is 2.56 bits per heavy atom. The minimum Gasteiger partial charge on any atom is -0.481 e. The molecule has 0 saturated carbocycles. The molecule has 1 aliphatic heterocycles. The fourth-order valence-corrected chi connectivity index (χ4v) is 3.07. The van der Waals surface area contributed by atoms with Crippen molar-refractivity contribution in [1.29, 1.82) is 0 Å². The number of carbonyl (C=O) groups is 2. The second-order valence-electron chi connectivity index (χ2n) is 6.61. The van der Waals surface area contributed by atoms with Gasteiger partial charge < -0.3 is 19.5 Å². The van der Waals surface area contributed by atoms with E-state index in [1.165, 1.54) is 0 Å². The van der Waals surface area contributed by atoms with Crippen LogP contribution in [0.2, 0.25) is 5.02 Å². The minimum atomic E-state index is -0.621. The van der Waals surface area contributed by atoms with E-state index in [-0.39, 0.29) is 17.9 Å². The summed E-state index contributed by atoms with van der Waals surface area (Å²) in [7, 11) is 0. The molecule has 3 rings (SSSR count). The maximum atomic E-state index is 12.4. The van der Waals surface area contributed by atoms with E-state index in [0.717, 1.165) is 0 Å². The van der Waals surface area contributed by atoms with Crippen molar-refractivity contribution < 1.29 is 18.8 Å². The minimum absolute atomic E-state index is 0.0110. The number of piperidine rings is 1. The van der Waals surface area contributed by atoms with E-state index in [1.54, 1.807) is 49.1 Å². The van der Waals surface area contributed by atoms with Crippen LogP contribution in [0.25, 0.3) is 0 Å². The lowest BCUT2D eigenvalue weighted by molar-refractivity contribution is -0.128. The number of nitrogens with one attached hydrogen (secondary N) is 1. The Morgan fingerprint density at radius 2 is 1.96 bits per heavy atom. The van der Waals surface area contributed by atoms with Crippen molar-refractivity contribution >= 4 is 23.4 Å². The van der Waals surface area contributed by atoms with Crippen LogP contribution in [-0.2, 0) is 4.79 Å². The summed E-state index contributed by atoms with van der Waals surface area (Å²) in [6.45, 7) is 4.57. The molecular weight excluding hydrogens is 370 g/mol. The molecule has 1 N–H and O–H groups in total. The van der Waals surface area contributed by atoms with Crippen molar-refractivity contribution in [3.05, 3.63) is 46.8 Å². The van der Waals surface area contributed by atoms with Gasteiger partial charge in [0.05, 0.1) is 0 Å². The molecule has 1 saturated heterocycles. The zero-order chi connectivity index (χ0) is 19.4. The Bertz CT molecular complexity index is 798. The molecule has 7 nitrogen and oxygen atoms in total. The molecule has 8 heteroatoms. The highest BCUT2D eigenvalue weighted by Crippen LogP contribution is 2.18. The first kappa shape index (κ1) is 19.2. The van der Waals surface area contributed by atoms with Crippen molar-refractivity contribution in [1.82, 2.24) is 15.4 Å². The van der Waals surface area contributed by atoms with Gasteiger partial charge in [0.15, 0.2) is 11.8 Å².